The molecule has 3 aromatic carbocycles. The molecule has 6 nitrogen and oxygen atoms in total. The van der Waals surface area contributed by atoms with Crippen molar-refractivity contribution in [2.24, 2.45) is 11.8 Å². The Bertz CT molecular complexity index is 1250. The Morgan fingerprint density at radius 2 is 1.66 bits per heavy atom. The number of hydrogen-bond donors (Lipinski definition) is 1. The zero-order chi connectivity index (χ0) is 26.6. The summed E-state index contributed by atoms with van der Waals surface area (Å²) in [5, 5.41) is 3.36. The average molecular weight is 536 g/mol. The van der Waals surface area contributed by atoms with E-state index in [1.165, 1.54) is 12.1 Å². The summed E-state index contributed by atoms with van der Waals surface area (Å²) in [5.74, 6) is 0.352. The molecule has 3 atom stereocenters. The van der Waals surface area contributed by atoms with E-state index in [-0.39, 0.29) is 28.4 Å². The van der Waals surface area contributed by atoms with Crippen LogP contribution in [0.25, 0.3) is 0 Å². The summed E-state index contributed by atoms with van der Waals surface area (Å²) >= 11 is 6.13. The zero-order valence-electron chi connectivity index (χ0n) is 21.3. The number of carbonyl (C=O) groups is 2. The summed E-state index contributed by atoms with van der Waals surface area (Å²) in [7, 11) is 1.60. The van der Waals surface area contributed by atoms with E-state index in [0.717, 1.165) is 31.6 Å². The first-order valence-corrected chi connectivity index (χ1v) is 13.3. The normalized spacial score (nSPS) is 19.7. The van der Waals surface area contributed by atoms with Gasteiger partial charge in [-0.1, -0.05) is 48.0 Å². The maximum absolute atomic E-state index is 14.3. The molecule has 0 radical (unpaired) electrons. The van der Waals surface area contributed by atoms with Crippen LogP contribution in [0.4, 0.5) is 4.39 Å². The molecule has 0 bridgehead atoms. The van der Waals surface area contributed by atoms with E-state index in [1.54, 1.807) is 42.3 Å². The summed E-state index contributed by atoms with van der Waals surface area (Å²) in [6, 6.07) is 21.3. The molecule has 2 aliphatic heterocycles. The van der Waals surface area contributed by atoms with Gasteiger partial charge in [0.05, 0.1) is 23.7 Å². The number of methoxy groups -OCH3 is 1. The summed E-state index contributed by atoms with van der Waals surface area (Å²) in [4.78, 5) is 30.1. The van der Waals surface area contributed by atoms with Gasteiger partial charge < -0.3 is 19.9 Å². The Labute approximate surface area is 227 Å². The number of ether oxygens (including phenoxy) is 1. The number of carbonyl (C=O) groups excluding carboxylic acids is 2. The number of benzene rings is 3. The van der Waals surface area contributed by atoms with Crippen LogP contribution in [0.3, 0.4) is 0 Å². The number of halogens is 2. The van der Waals surface area contributed by atoms with Crippen molar-refractivity contribution in [2.45, 2.75) is 12.5 Å². The van der Waals surface area contributed by atoms with Crippen LogP contribution < -0.4 is 10.1 Å². The van der Waals surface area contributed by atoms with Gasteiger partial charge in [0.25, 0.3) is 11.8 Å². The Morgan fingerprint density at radius 1 is 0.974 bits per heavy atom. The Balaban J connectivity index is 1.19. The summed E-state index contributed by atoms with van der Waals surface area (Å²) in [6.07, 6.45) is 0.763. The van der Waals surface area contributed by atoms with Crippen LogP contribution in [-0.4, -0.2) is 61.4 Å². The molecule has 0 aliphatic carbocycles. The first-order chi connectivity index (χ1) is 18.4. The minimum atomic E-state index is -0.579. The molecule has 2 amide bonds. The first kappa shape index (κ1) is 26.2. The van der Waals surface area contributed by atoms with Gasteiger partial charge in [0, 0.05) is 38.3 Å². The van der Waals surface area contributed by atoms with Gasteiger partial charge in [-0.15, -0.1) is 0 Å². The van der Waals surface area contributed by atoms with E-state index in [1.807, 2.05) is 30.3 Å². The second-order valence-corrected chi connectivity index (χ2v) is 10.4. The second kappa shape index (κ2) is 11.5. The lowest BCUT2D eigenvalue weighted by atomic mass is 10.0. The van der Waals surface area contributed by atoms with Gasteiger partial charge in [-0.05, 0) is 60.2 Å². The average Bonchev–Trinajstić information content (AvgIpc) is 3.50. The molecule has 0 spiro atoms. The third-order valence-electron chi connectivity index (χ3n) is 7.62. The van der Waals surface area contributed by atoms with Crippen LogP contribution in [-0.2, 0) is 0 Å². The van der Waals surface area contributed by atoms with Crippen molar-refractivity contribution in [1.29, 1.82) is 0 Å². The van der Waals surface area contributed by atoms with E-state index in [4.69, 9.17) is 16.3 Å². The Hall–Kier alpha value is -3.42. The van der Waals surface area contributed by atoms with Crippen molar-refractivity contribution < 1.29 is 18.7 Å². The summed E-state index contributed by atoms with van der Waals surface area (Å²) in [5.41, 5.74) is 1.61. The molecule has 1 N–H and O–H groups in total. The van der Waals surface area contributed by atoms with Gasteiger partial charge in [0.2, 0.25) is 0 Å². The van der Waals surface area contributed by atoms with E-state index in [0.29, 0.717) is 36.2 Å². The SMILES string of the molecule is COc1ccc(C(=O)NC(CCN2CC3CN(C(=O)c4c(F)cccc4Cl)C[C@@H]3C2)c2ccccc2)cc1. The lowest BCUT2D eigenvalue weighted by molar-refractivity contribution is 0.0769. The molecular weight excluding hydrogens is 505 g/mol. The van der Waals surface area contributed by atoms with Crippen LogP contribution >= 0.6 is 11.6 Å². The lowest BCUT2D eigenvalue weighted by Gasteiger charge is -2.25. The van der Waals surface area contributed by atoms with Crippen LogP contribution in [0.5, 0.6) is 5.75 Å². The molecule has 3 aromatic rings. The number of fused-ring (bicyclic) bond motifs is 1. The molecular formula is C30H31ClFN3O3. The predicted octanol–water partition coefficient (Wildman–Crippen LogP) is 5.05. The second-order valence-electron chi connectivity index (χ2n) is 10.0. The molecule has 2 unspecified atom stereocenters. The molecule has 2 saturated heterocycles. The molecule has 198 valence electrons. The molecule has 8 heteroatoms. The predicted molar refractivity (Wildman–Crippen MR) is 145 cm³/mol. The molecule has 2 aliphatic rings. The highest BCUT2D eigenvalue weighted by molar-refractivity contribution is 6.33. The van der Waals surface area contributed by atoms with Gasteiger partial charge in [-0.25, -0.2) is 4.39 Å². The molecule has 2 fully saturated rings. The van der Waals surface area contributed by atoms with E-state index in [2.05, 4.69) is 10.2 Å². The smallest absolute Gasteiger partial charge is 0.258 e. The van der Waals surface area contributed by atoms with E-state index in [9.17, 15) is 14.0 Å². The minimum absolute atomic E-state index is 0.0377. The van der Waals surface area contributed by atoms with E-state index < -0.39 is 5.82 Å². The molecule has 38 heavy (non-hydrogen) atoms. The van der Waals surface area contributed by atoms with Crippen molar-refractivity contribution in [2.75, 3.05) is 39.8 Å². The van der Waals surface area contributed by atoms with Crippen LogP contribution in [0.1, 0.15) is 38.7 Å². The largest absolute Gasteiger partial charge is 0.497 e. The van der Waals surface area contributed by atoms with Crippen LogP contribution in [0, 0.1) is 17.7 Å². The topological polar surface area (TPSA) is 61.9 Å². The highest BCUT2D eigenvalue weighted by atomic mass is 35.5. The number of hydrogen-bond acceptors (Lipinski definition) is 4. The number of rotatable bonds is 8. The number of nitrogens with zero attached hydrogens (tertiary/aromatic N) is 2. The van der Waals surface area contributed by atoms with Crippen molar-refractivity contribution in [3.05, 3.63) is 100 Å². The van der Waals surface area contributed by atoms with Gasteiger partial charge >= 0.3 is 0 Å². The third-order valence-corrected chi connectivity index (χ3v) is 7.93. The highest BCUT2D eigenvalue weighted by Gasteiger charge is 2.42. The van der Waals surface area contributed by atoms with Gasteiger partial charge in [0.15, 0.2) is 0 Å². The van der Waals surface area contributed by atoms with Crippen LogP contribution in [0.15, 0.2) is 72.8 Å². The summed E-state index contributed by atoms with van der Waals surface area (Å²) in [6.45, 7) is 3.76. The lowest BCUT2D eigenvalue weighted by Crippen LogP contribution is -2.35. The third kappa shape index (κ3) is 5.69. The number of amides is 2. The molecule has 2 heterocycles. The van der Waals surface area contributed by atoms with Gasteiger partial charge in [-0.2, -0.15) is 0 Å². The quantitative estimate of drug-likeness (QED) is 0.438. The van der Waals surface area contributed by atoms with Crippen molar-refractivity contribution >= 4 is 23.4 Å². The fraction of sp³-hybridized carbons (Fsp3) is 0.333. The van der Waals surface area contributed by atoms with Crippen LogP contribution in [0.2, 0.25) is 5.02 Å². The number of nitrogens with one attached hydrogen (secondary N) is 1. The van der Waals surface area contributed by atoms with Gasteiger partial charge in [0.1, 0.15) is 11.6 Å². The minimum Gasteiger partial charge on any atom is -0.497 e. The van der Waals surface area contributed by atoms with E-state index >= 15 is 0 Å². The van der Waals surface area contributed by atoms with Gasteiger partial charge in [-0.3, -0.25) is 9.59 Å². The Morgan fingerprint density at radius 3 is 2.29 bits per heavy atom. The van der Waals surface area contributed by atoms with Crippen molar-refractivity contribution in [1.82, 2.24) is 15.1 Å². The maximum Gasteiger partial charge on any atom is 0.258 e. The standard InChI is InChI=1S/C30H31ClFN3O3/c1-38-24-12-10-21(11-13-24)29(36)33-27(20-6-3-2-4-7-20)14-15-34-16-22-18-35(19-23(22)17-34)30(37)28-25(31)8-5-9-26(28)32/h2-13,22-23,27H,14-19H2,1H3,(H,33,36)/t22-,23?,27?/m0/s1. The number of likely N-dealkylation sites (tertiary alicyclic amines) is 2. The van der Waals surface area contributed by atoms with Crippen molar-refractivity contribution in [3.8, 4) is 5.75 Å². The first-order valence-electron chi connectivity index (χ1n) is 12.9. The maximum atomic E-state index is 14.3. The molecule has 5 rings (SSSR count). The molecule has 0 aromatic heterocycles. The van der Waals surface area contributed by atoms with Crippen molar-refractivity contribution in [3.63, 3.8) is 0 Å². The Kier molecular flexibility index (Phi) is 7.95. The molecule has 0 saturated carbocycles. The fourth-order valence-electron chi connectivity index (χ4n) is 5.60. The monoisotopic (exact) mass is 535 g/mol. The zero-order valence-corrected chi connectivity index (χ0v) is 22.0. The fourth-order valence-corrected chi connectivity index (χ4v) is 5.85. The highest BCUT2D eigenvalue weighted by Crippen LogP contribution is 2.34. The summed E-state index contributed by atoms with van der Waals surface area (Å²) < 4.78 is 19.5.